The Labute approximate surface area is 120 Å². The topological polar surface area (TPSA) is 38.3 Å². The van der Waals surface area contributed by atoms with E-state index in [-0.39, 0.29) is 5.91 Å². The summed E-state index contributed by atoms with van der Waals surface area (Å²) in [7, 11) is 0. The van der Waals surface area contributed by atoms with Crippen molar-refractivity contribution >= 4 is 17.5 Å². The Morgan fingerprint density at radius 3 is 2.63 bits per heavy atom. The fourth-order valence-electron chi connectivity index (χ4n) is 1.62. The molecule has 0 fully saturated rings. The molecular weight excluding hydrogens is 262 g/mol. The van der Waals surface area contributed by atoms with Gasteiger partial charge in [-0.25, -0.2) is 0 Å². The van der Waals surface area contributed by atoms with Crippen LogP contribution >= 0.6 is 11.6 Å². The summed E-state index contributed by atoms with van der Waals surface area (Å²) in [5.41, 5.74) is 0.925. The Morgan fingerprint density at radius 1 is 1.37 bits per heavy atom. The van der Waals surface area contributed by atoms with Crippen LogP contribution < -0.4 is 10.1 Å². The molecule has 1 unspecified atom stereocenters. The molecular formula is C15H22ClNO2. The van der Waals surface area contributed by atoms with E-state index >= 15 is 0 Å². The van der Waals surface area contributed by atoms with E-state index in [4.69, 9.17) is 16.3 Å². The largest absolute Gasteiger partial charge is 0.481 e. The monoisotopic (exact) mass is 283 g/mol. The molecule has 1 amide bonds. The summed E-state index contributed by atoms with van der Waals surface area (Å²) in [6, 6.07) is 5.36. The molecule has 0 aliphatic carbocycles. The second kappa shape index (κ2) is 7.39. The van der Waals surface area contributed by atoms with Gasteiger partial charge in [-0.1, -0.05) is 25.4 Å². The highest BCUT2D eigenvalue weighted by molar-refractivity contribution is 6.30. The summed E-state index contributed by atoms with van der Waals surface area (Å²) in [4.78, 5) is 11.8. The fraction of sp³-hybridized carbons (Fsp3) is 0.533. The van der Waals surface area contributed by atoms with Gasteiger partial charge in [0.2, 0.25) is 0 Å². The first kappa shape index (κ1) is 15.8. The standard InChI is InChI=1S/C15H22ClNO2/c1-10(2)7-8-17-15(18)12(4)19-14-6-5-13(16)9-11(14)3/h5-6,9-10,12H,7-8H2,1-4H3,(H,17,18). The van der Waals surface area contributed by atoms with Crippen molar-refractivity contribution in [2.45, 2.75) is 40.2 Å². The maximum Gasteiger partial charge on any atom is 0.260 e. The fourth-order valence-corrected chi connectivity index (χ4v) is 1.84. The van der Waals surface area contributed by atoms with Crippen LogP contribution in [0.3, 0.4) is 0 Å². The van der Waals surface area contributed by atoms with E-state index in [1.807, 2.05) is 13.0 Å². The average Bonchev–Trinajstić information content (AvgIpc) is 2.32. The number of benzene rings is 1. The zero-order valence-electron chi connectivity index (χ0n) is 12.0. The molecule has 0 aromatic heterocycles. The van der Waals surface area contributed by atoms with Crippen molar-refractivity contribution in [2.75, 3.05) is 6.54 Å². The van der Waals surface area contributed by atoms with Crippen molar-refractivity contribution in [3.8, 4) is 5.75 Å². The molecule has 1 atom stereocenters. The number of ether oxygens (including phenoxy) is 1. The van der Waals surface area contributed by atoms with Crippen LogP contribution in [0.2, 0.25) is 5.02 Å². The van der Waals surface area contributed by atoms with E-state index in [1.54, 1.807) is 19.1 Å². The van der Waals surface area contributed by atoms with Gasteiger partial charge in [0.25, 0.3) is 5.91 Å². The summed E-state index contributed by atoms with van der Waals surface area (Å²) in [5.74, 6) is 1.18. The van der Waals surface area contributed by atoms with Gasteiger partial charge < -0.3 is 10.1 Å². The van der Waals surface area contributed by atoms with Crippen LogP contribution in [0.5, 0.6) is 5.75 Å². The van der Waals surface area contributed by atoms with Crippen molar-refractivity contribution in [3.05, 3.63) is 28.8 Å². The van der Waals surface area contributed by atoms with E-state index in [0.717, 1.165) is 12.0 Å². The van der Waals surface area contributed by atoms with Crippen molar-refractivity contribution < 1.29 is 9.53 Å². The van der Waals surface area contributed by atoms with Crippen LogP contribution in [-0.2, 0) is 4.79 Å². The summed E-state index contributed by atoms with van der Waals surface area (Å²) in [6.45, 7) is 8.60. The lowest BCUT2D eigenvalue weighted by Gasteiger charge is -2.16. The summed E-state index contributed by atoms with van der Waals surface area (Å²) >= 11 is 5.88. The third-order valence-corrected chi connectivity index (χ3v) is 3.07. The summed E-state index contributed by atoms with van der Waals surface area (Å²) < 4.78 is 5.65. The molecule has 19 heavy (non-hydrogen) atoms. The molecule has 106 valence electrons. The number of hydrogen-bond donors (Lipinski definition) is 1. The maximum absolute atomic E-state index is 11.8. The predicted molar refractivity (Wildman–Crippen MR) is 78.7 cm³/mol. The van der Waals surface area contributed by atoms with E-state index in [9.17, 15) is 4.79 Å². The van der Waals surface area contributed by atoms with Gasteiger partial charge in [-0.15, -0.1) is 0 Å². The molecule has 0 radical (unpaired) electrons. The minimum absolute atomic E-state index is 0.0880. The molecule has 0 saturated heterocycles. The van der Waals surface area contributed by atoms with Crippen molar-refractivity contribution in [2.24, 2.45) is 5.92 Å². The molecule has 0 aliphatic heterocycles. The Morgan fingerprint density at radius 2 is 2.05 bits per heavy atom. The zero-order chi connectivity index (χ0) is 14.4. The number of rotatable bonds is 6. The first-order valence-corrected chi connectivity index (χ1v) is 6.98. The Hall–Kier alpha value is -1.22. The van der Waals surface area contributed by atoms with Crippen molar-refractivity contribution in [1.29, 1.82) is 0 Å². The van der Waals surface area contributed by atoms with Gasteiger partial charge in [0.05, 0.1) is 0 Å². The molecule has 1 rings (SSSR count). The average molecular weight is 284 g/mol. The Balaban J connectivity index is 2.49. The number of hydrogen-bond acceptors (Lipinski definition) is 2. The molecule has 1 aromatic carbocycles. The predicted octanol–water partition coefficient (Wildman–Crippen LogP) is 3.58. The van der Waals surface area contributed by atoms with Gasteiger partial charge in [-0.05, 0) is 49.9 Å². The Kier molecular flexibility index (Phi) is 6.16. The number of carbonyl (C=O) groups excluding carboxylic acids is 1. The van der Waals surface area contributed by atoms with E-state index < -0.39 is 6.10 Å². The molecule has 1 N–H and O–H groups in total. The SMILES string of the molecule is Cc1cc(Cl)ccc1OC(C)C(=O)NCCC(C)C. The second-order valence-electron chi connectivity index (χ2n) is 5.14. The number of halogens is 1. The highest BCUT2D eigenvalue weighted by Gasteiger charge is 2.15. The number of nitrogens with one attached hydrogen (secondary N) is 1. The quantitative estimate of drug-likeness (QED) is 0.867. The minimum Gasteiger partial charge on any atom is -0.481 e. The zero-order valence-corrected chi connectivity index (χ0v) is 12.8. The van der Waals surface area contributed by atoms with Crippen LogP contribution in [0.25, 0.3) is 0 Å². The van der Waals surface area contributed by atoms with Gasteiger partial charge in [-0.3, -0.25) is 4.79 Å². The molecule has 0 aliphatic rings. The van der Waals surface area contributed by atoms with Crippen LogP contribution in [-0.4, -0.2) is 18.6 Å². The molecule has 0 saturated carbocycles. The van der Waals surface area contributed by atoms with E-state index in [1.165, 1.54) is 0 Å². The maximum atomic E-state index is 11.8. The highest BCUT2D eigenvalue weighted by Crippen LogP contribution is 2.22. The van der Waals surface area contributed by atoms with Crippen LogP contribution in [0.4, 0.5) is 0 Å². The molecule has 4 heteroatoms. The smallest absolute Gasteiger partial charge is 0.260 e. The first-order valence-electron chi connectivity index (χ1n) is 6.60. The molecule has 0 spiro atoms. The van der Waals surface area contributed by atoms with Gasteiger partial charge in [0.15, 0.2) is 6.10 Å². The van der Waals surface area contributed by atoms with Crippen molar-refractivity contribution in [3.63, 3.8) is 0 Å². The van der Waals surface area contributed by atoms with Crippen LogP contribution in [0.1, 0.15) is 32.8 Å². The van der Waals surface area contributed by atoms with Crippen molar-refractivity contribution in [1.82, 2.24) is 5.32 Å². The van der Waals surface area contributed by atoms with Crippen LogP contribution in [0.15, 0.2) is 18.2 Å². The second-order valence-corrected chi connectivity index (χ2v) is 5.58. The summed E-state index contributed by atoms with van der Waals surface area (Å²) in [5, 5.41) is 3.54. The molecule has 0 bridgehead atoms. The normalized spacial score (nSPS) is 12.3. The highest BCUT2D eigenvalue weighted by atomic mass is 35.5. The number of amides is 1. The summed E-state index contributed by atoms with van der Waals surface area (Å²) in [6.07, 6.45) is 0.463. The Bertz CT molecular complexity index is 432. The van der Waals surface area contributed by atoms with Gasteiger partial charge in [0.1, 0.15) is 5.75 Å². The molecule has 1 aromatic rings. The third-order valence-electron chi connectivity index (χ3n) is 2.83. The van der Waals surface area contributed by atoms with Gasteiger partial charge >= 0.3 is 0 Å². The molecule has 3 nitrogen and oxygen atoms in total. The lowest BCUT2D eigenvalue weighted by Crippen LogP contribution is -2.37. The van der Waals surface area contributed by atoms with Gasteiger partial charge in [0, 0.05) is 11.6 Å². The third kappa shape index (κ3) is 5.52. The van der Waals surface area contributed by atoms with Gasteiger partial charge in [-0.2, -0.15) is 0 Å². The lowest BCUT2D eigenvalue weighted by molar-refractivity contribution is -0.127. The number of carbonyl (C=O) groups is 1. The lowest BCUT2D eigenvalue weighted by atomic mass is 10.1. The first-order chi connectivity index (χ1) is 8.90. The van der Waals surface area contributed by atoms with Crippen LogP contribution in [0, 0.1) is 12.8 Å². The molecule has 0 heterocycles. The number of aryl methyl sites for hydroxylation is 1. The van der Waals surface area contributed by atoms with E-state index in [0.29, 0.717) is 23.2 Å². The minimum atomic E-state index is -0.507. The van der Waals surface area contributed by atoms with E-state index in [2.05, 4.69) is 19.2 Å².